The molecule has 1 fully saturated rings. The number of ether oxygens (including phenoxy) is 3. The number of benzene rings is 1. The Bertz CT molecular complexity index is 1610. The molecule has 1 aromatic rings. The van der Waals surface area contributed by atoms with Crippen LogP contribution in [0.4, 0.5) is 0 Å². The zero-order valence-electron chi connectivity index (χ0n) is 45.5. The summed E-state index contributed by atoms with van der Waals surface area (Å²) in [7, 11) is -5.09. The average Bonchev–Trinajstić information content (AvgIpc) is 3.84. The predicted octanol–water partition coefficient (Wildman–Crippen LogP) is 11.8. The number of aliphatic hydroxyl groups excluding tert-OH is 1. The maximum Gasteiger partial charge on any atom is 0.248 e. The monoisotopic (exact) mass is 972 g/mol. The fourth-order valence-corrected chi connectivity index (χ4v) is 11.7. The molecular formula is C49H97NO10Si4. The second-order valence-electron chi connectivity index (χ2n) is 25.0. The SMILES string of the molecule is COc1ccc(COC[C@H](C)[C@H]2OC2(C)[C@@H](O[Si](C)(C)C(C)(C)C)[C@@H](CO[Si](C)(C)C(C)(C)C)[C@@H](O)[C@@H](CO[Si](C)(C)C(C)(C)C)[C@H](CC(=O)N(C)OC)O[Si](C)(C)C(C)(C)C)cc1. The molecule has 2 rings (SSSR count). The normalized spacial score (nSPS) is 21.2. The van der Waals surface area contributed by atoms with E-state index >= 15 is 0 Å². The fraction of sp³-hybridized carbons (Fsp3) is 0.857. The number of hydroxylamine groups is 2. The zero-order chi connectivity index (χ0) is 49.9. The Morgan fingerprint density at radius 2 is 1.16 bits per heavy atom. The molecule has 374 valence electrons. The molecule has 0 bridgehead atoms. The number of amides is 1. The van der Waals surface area contributed by atoms with E-state index in [-0.39, 0.29) is 57.7 Å². The van der Waals surface area contributed by atoms with Gasteiger partial charge in [-0.25, -0.2) is 5.06 Å². The van der Waals surface area contributed by atoms with Crippen LogP contribution in [-0.2, 0) is 43.4 Å². The molecule has 1 amide bonds. The highest BCUT2D eigenvalue weighted by Gasteiger charge is 2.65. The number of nitrogens with zero attached hydrogens (tertiary/aromatic N) is 1. The van der Waals surface area contributed by atoms with Crippen LogP contribution in [0.1, 0.15) is 109 Å². The molecule has 0 saturated carbocycles. The van der Waals surface area contributed by atoms with Gasteiger partial charge in [0.15, 0.2) is 33.3 Å². The minimum Gasteiger partial charge on any atom is -0.497 e. The standard InChI is InChI=1S/C49H97NO10Si4/c1-35(31-55-32-36-26-28-37(53-16)29-27-36)43-49(14,58-43)44(60-64(24,25)48(11,12)13)39(34-57-62(20,21)46(5,6)7)42(52)38(33-56-61(18,19)45(2,3)4)40(30-41(51)50(15)54-17)59-63(22,23)47(8,9)10/h26-29,35,38-40,42-44,52H,30-34H2,1-25H3/t35-,38-,39-,40-,42-,43+,44-,49?/m0/s1. The molecule has 8 atom stereocenters. The molecule has 1 saturated heterocycles. The van der Waals surface area contributed by atoms with Crippen molar-refractivity contribution in [1.29, 1.82) is 0 Å². The number of hydrogen-bond donors (Lipinski definition) is 1. The van der Waals surface area contributed by atoms with Crippen LogP contribution in [0, 0.1) is 17.8 Å². The zero-order valence-corrected chi connectivity index (χ0v) is 49.5. The van der Waals surface area contributed by atoms with E-state index in [2.05, 4.69) is 149 Å². The minimum absolute atomic E-state index is 0.00195. The molecule has 0 spiro atoms. The van der Waals surface area contributed by atoms with E-state index in [9.17, 15) is 9.90 Å². The molecule has 1 aliphatic rings. The lowest BCUT2D eigenvalue weighted by Gasteiger charge is -2.48. The number of carbonyl (C=O) groups excluding carboxylic acids is 1. The molecular weight excluding hydrogens is 875 g/mol. The first-order chi connectivity index (χ1) is 28.7. The largest absolute Gasteiger partial charge is 0.497 e. The van der Waals surface area contributed by atoms with Crippen LogP contribution in [0.3, 0.4) is 0 Å². The van der Waals surface area contributed by atoms with E-state index in [1.165, 1.54) is 12.2 Å². The van der Waals surface area contributed by atoms with Gasteiger partial charge >= 0.3 is 0 Å². The quantitative estimate of drug-likeness (QED) is 0.0609. The lowest BCUT2D eigenvalue weighted by Crippen LogP contribution is -2.59. The third kappa shape index (κ3) is 15.3. The summed E-state index contributed by atoms with van der Waals surface area (Å²) >= 11 is 0. The second kappa shape index (κ2) is 21.8. The average molecular weight is 973 g/mol. The summed E-state index contributed by atoms with van der Waals surface area (Å²) in [5, 5.41) is 14.4. The Morgan fingerprint density at radius 1 is 0.719 bits per heavy atom. The van der Waals surface area contributed by atoms with Gasteiger partial charge in [-0.15, -0.1) is 0 Å². The van der Waals surface area contributed by atoms with Gasteiger partial charge in [0.2, 0.25) is 5.91 Å². The van der Waals surface area contributed by atoms with Crippen molar-refractivity contribution in [2.75, 3.05) is 41.1 Å². The van der Waals surface area contributed by atoms with E-state index in [1.54, 1.807) is 14.2 Å². The van der Waals surface area contributed by atoms with Crippen LogP contribution in [0.2, 0.25) is 72.5 Å². The highest BCUT2D eigenvalue weighted by Crippen LogP contribution is 2.52. The van der Waals surface area contributed by atoms with Crippen molar-refractivity contribution in [2.45, 2.75) is 213 Å². The first kappa shape index (κ1) is 59.2. The maximum absolute atomic E-state index is 14.0. The highest BCUT2D eigenvalue weighted by molar-refractivity contribution is 6.75. The smallest absolute Gasteiger partial charge is 0.248 e. The van der Waals surface area contributed by atoms with Crippen LogP contribution >= 0.6 is 0 Å². The summed E-state index contributed by atoms with van der Waals surface area (Å²) in [5.74, 6) is -0.634. The number of aliphatic hydroxyl groups is 1. The van der Waals surface area contributed by atoms with Crippen molar-refractivity contribution in [3.8, 4) is 5.75 Å². The van der Waals surface area contributed by atoms with Crippen LogP contribution < -0.4 is 4.74 Å². The number of carbonyl (C=O) groups is 1. The van der Waals surface area contributed by atoms with Gasteiger partial charge in [-0.05, 0) is 97.1 Å². The highest BCUT2D eigenvalue weighted by atomic mass is 28.4. The number of methoxy groups -OCH3 is 1. The molecule has 1 aliphatic heterocycles. The summed E-state index contributed by atoms with van der Waals surface area (Å²) in [4.78, 5) is 19.4. The van der Waals surface area contributed by atoms with Gasteiger partial charge in [0.25, 0.3) is 0 Å². The summed E-state index contributed by atoms with van der Waals surface area (Å²) in [6, 6.07) is 7.93. The Kier molecular flexibility index (Phi) is 20.1. The molecule has 1 heterocycles. The summed E-state index contributed by atoms with van der Waals surface area (Å²) in [6.45, 7) is 50.3. The molecule has 1 N–H and O–H groups in total. The van der Waals surface area contributed by atoms with Crippen LogP contribution in [-0.4, -0.2) is 120 Å². The van der Waals surface area contributed by atoms with Gasteiger partial charge in [0.05, 0.1) is 58.3 Å². The maximum atomic E-state index is 14.0. The van der Waals surface area contributed by atoms with Crippen molar-refractivity contribution in [3.05, 3.63) is 29.8 Å². The van der Waals surface area contributed by atoms with Gasteiger partial charge < -0.3 is 37.0 Å². The molecule has 1 aromatic carbocycles. The van der Waals surface area contributed by atoms with Gasteiger partial charge in [0, 0.05) is 38.0 Å². The van der Waals surface area contributed by atoms with Gasteiger partial charge in [-0.3, -0.25) is 9.63 Å². The van der Waals surface area contributed by atoms with Gasteiger partial charge in [-0.1, -0.05) is 102 Å². The van der Waals surface area contributed by atoms with Crippen molar-refractivity contribution in [2.24, 2.45) is 17.8 Å². The second-order valence-corrected chi connectivity index (χ2v) is 44.1. The van der Waals surface area contributed by atoms with Crippen molar-refractivity contribution in [1.82, 2.24) is 5.06 Å². The van der Waals surface area contributed by atoms with E-state index in [0.717, 1.165) is 11.3 Å². The van der Waals surface area contributed by atoms with E-state index in [0.29, 0.717) is 13.2 Å². The fourth-order valence-electron chi connectivity index (χ4n) is 6.83. The first-order valence-electron chi connectivity index (χ1n) is 23.7. The minimum atomic E-state index is -2.55. The van der Waals surface area contributed by atoms with E-state index < -0.39 is 69.0 Å². The molecule has 15 heteroatoms. The Morgan fingerprint density at radius 3 is 1.58 bits per heavy atom. The molecule has 1 unspecified atom stereocenters. The van der Waals surface area contributed by atoms with Gasteiger partial charge in [0.1, 0.15) is 11.4 Å². The van der Waals surface area contributed by atoms with Crippen LogP contribution in [0.5, 0.6) is 5.75 Å². The summed E-state index contributed by atoms with van der Waals surface area (Å²) < 4.78 is 47.9. The first-order valence-corrected chi connectivity index (χ1v) is 35.3. The molecule has 11 nitrogen and oxygen atoms in total. The lowest BCUT2D eigenvalue weighted by atomic mass is 9.78. The summed E-state index contributed by atoms with van der Waals surface area (Å²) in [5.41, 5.74) is 0.279. The number of rotatable bonds is 24. The molecule has 64 heavy (non-hydrogen) atoms. The van der Waals surface area contributed by atoms with E-state index in [4.69, 9.17) is 36.8 Å². The third-order valence-corrected chi connectivity index (χ3v) is 33.9. The third-order valence-electron chi connectivity index (χ3n) is 15.9. The van der Waals surface area contributed by atoms with Crippen molar-refractivity contribution < 1.29 is 46.7 Å². The van der Waals surface area contributed by atoms with Crippen molar-refractivity contribution >= 4 is 39.2 Å². The van der Waals surface area contributed by atoms with Crippen molar-refractivity contribution in [3.63, 3.8) is 0 Å². The lowest BCUT2D eigenvalue weighted by molar-refractivity contribution is -0.172. The number of epoxide rings is 1. The van der Waals surface area contributed by atoms with Gasteiger partial charge in [-0.2, -0.15) is 0 Å². The van der Waals surface area contributed by atoms with Crippen LogP contribution in [0.15, 0.2) is 24.3 Å². The molecule has 0 aliphatic carbocycles. The molecule has 0 radical (unpaired) electrons. The topological polar surface area (TPSA) is 118 Å². The summed E-state index contributed by atoms with van der Waals surface area (Å²) in [6.07, 6.45) is -2.57. The van der Waals surface area contributed by atoms with Crippen LogP contribution in [0.25, 0.3) is 0 Å². The van der Waals surface area contributed by atoms with E-state index in [1.807, 2.05) is 24.3 Å². The predicted molar refractivity (Wildman–Crippen MR) is 273 cm³/mol. The Hall–Kier alpha value is -0.962. The molecule has 0 aromatic heterocycles. The number of hydrogen-bond acceptors (Lipinski definition) is 10. The Balaban J connectivity index is 2.91. The Labute approximate surface area is 396 Å².